The molecule has 2 aromatic carbocycles. The Hall–Kier alpha value is -2.69. The summed E-state index contributed by atoms with van der Waals surface area (Å²) in [7, 11) is -3.28. The molecule has 0 atom stereocenters. The molecule has 162 valence electrons. The monoisotopic (exact) mass is 439 g/mol. The van der Waals surface area contributed by atoms with E-state index in [-0.39, 0.29) is 22.8 Å². The van der Waals surface area contributed by atoms with Crippen molar-refractivity contribution in [2.75, 3.05) is 0 Å². The largest absolute Gasteiger partial charge is 0.347 e. The van der Waals surface area contributed by atoms with Crippen LogP contribution in [0.5, 0.6) is 0 Å². The zero-order chi connectivity index (χ0) is 22.4. The van der Waals surface area contributed by atoms with Gasteiger partial charge in [0.25, 0.3) is 0 Å². The normalized spacial score (nSPS) is 14.7. The molecule has 0 bridgehead atoms. The van der Waals surface area contributed by atoms with Gasteiger partial charge in [-0.1, -0.05) is 45.0 Å². The van der Waals surface area contributed by atoms with E-state index >= 15 is 0 Å². The van der Waals surface area contributed by atoms with Gasteiger partial charge in [-0.15, -0.1) is 0 Å². The maximum Gasteiger partial charge on any atom is 0.214 e. The fourth-order valence-corrected chi connectivity index (χ4v) is 5.18. The van der Waals surface area contributed by atoms with E-state index in [0.29, 0.717) is 11.1 Å². The van der Waals surface area contributed by atoms with Crippen LogP contribution in [0, 0.1) is 22.6 Å². The van der Waals surface area contributed by atoms with Crippen LogP contribution in [0.15, 0.2) is 42.6 Å². The van der Waals surface area contributed by atoms with E-state index < -0.39 is 15.8 Å². The van der Waals surface area contributed by atoms with E-state index in [4.69, 9.17) is 5.26 Å². The summed E-state index contributed by atoms with van der Waals surface area (Å²) in [6.45, 7) is 7.35. The molecule has 1 aromatic heterocycles. The minimum atomic E-state index is -3.28. The molecule has 7 heteroatoms. The highest BCUT2D eigenvalue weighted by Gasteiger charge is 2.35. The van der Waals surface area contributed by atoms with Crippen molar-refractivity contribution < 1.29 is 12.8 Å². The first-order valence-electron chi connectivity index (χ1n) is 10.4. The lowest BCUT2D eigenvalue weighted by Crippen LogP contribution is -2.26. The van der Waals surface area contributed by atoms with Gasteiger partial charge in [-0.3, -0.25) is 0 Å². The fraction of sp³-hybridized carbons (Fsp3) is 0.375. The van der Waals surface area contributed by atoms with Crippen molar-refractivity contribution in [2.45, 2.75) is 52.0 Å². The van der Waals surface area contributed by atoms with Crippen molar-refractivity contribution in [2.24, 2.45) is 5.41 Å². The van der Waals surface area contributed by atoms with Gasteiger partial charge in [0.1, 0.15) is 11.9 Å². The molecule has 1 fully saturated rings. The number of benzene rings is 2. The van der Waals surface area contributed by atoms with Crippen LogP contribution in [0.25, 0.3) is 22.0 Å². The van der Waals surface area contributed by atoms with Crippen molar-refractivity contribution in [1.82, 2.24) is 9.29 Å². The van der Waals surface area contributed by atoms with Crippen molar-refractivity contribution in [3.8, 4) is 17.2 Å². The van der Waals surface area contributed by atoms with Crippen LogP contribution >= 0.6 is 0 Å². The molecule has 31 heavy (non-hydrogen) atoms. The first-order valence-corrected chi connectivity index (χ1v) is 11.9. The fourth-order valence-electron chi connectivity index (χ4n) is 3.83. The predicted octanol–water partition coefficient (Wildman–Crippen LogP) is 4.95. The molecule has 0 amide bonds. The van der Waals surface area contributed by atoms with Gasteiger partial charge in [0, 0.05) is 35.8 Å². The minimum absolute atomic E-state index is 0.00127. The number of nitriles is 1. The second-order valence-electron chi connectivity index (χ2n) is 9.42. The Morgan fingerprint density at radius 1 is 1.23 bits per heavy atom. The summed E-state index contributed by atoms with van der Waals surface area (Å²) in [6.07, 6.45) is 3.42. The van der Waals surface area contributed by atoms with E-state index in [2.05, 4.69) is 30.1 Å². The zero-order valence-corrected chi connectivity index (χ0v) is 18.8. The van der Waals surface area contributed by atoms with Crippen LogP contribution in [0.4, 0.5) is 4.39 Å². The SMILES string of the molecule is CC(C)(C)Cn1cc(CNS(=O)(=O)C2CC2)c2ccc(-c3cccc(C#N)c3F)cc21. The summed E-state index contributed by atoms with van der Waals surface area (Å²) in [5.74, 6) is -0.532. The average Bonchev–Trinajstić information content (AvgIpc) is 3.51. The highest BCUT2D eigenvalue weighted by molar-refractivity contribution is 7.90. The molecule has 0 radical (unpaired) electrons. The Balaban J connectivity index is 1.78. The van der Waals surface area contributed by atoms with Crippen LogP contribution in [-0.2, 0) is 23.1 Å². The van der Waals surface area contributed by atoms with Crippen molar-refractivity contribution in [1.29, 1.82) is 5.26 Å². The number of fused-ring (bicyclic) bond motifs is 1. The first-order chi connectivity index (χ1) is 14.6. The number of sulfonamides is 1. The molecule has 1 N–H and O–H groups in total. The Labute approximate surface area is 182 Å². The third kappa shape index (κ3) is 4.51. The van der Waals surface area contributed by atoms with E-state index in [1.54, 1.807) is 12.1 Å². The van der Waals surface area contributed by atoms with E-state index in [1.165, 1.54) is 6.07 Å². The lowest BCUT2D eigenvalue weighted by Gasteiger charge is -2.20. The van der Waals surface area contributed by atoms with Crippen LogP contribution in [-0.4, -0.2) is 18.2 Å². The van der Waals surface area contributed by atoms with Crippen LogP contribution in [0.1, 0.15) is 44.7 Å². The Morgan fingerprint density at radius 3 is 2.61 bits per heavy atom. The summed E-state index contributed by atoms with van der Waals surface area (Å²) in [5, 5.41) is 9.82. The molecule has 3 aromatic rings. The van der Waals surface area contributed by atoms with Crippen molar-refractivity contribution in [3.63, 3.8) is 0 Å². The summed E-state index contributed by atoms with van der Waals surface area (Å²) in [5.41, 5.74) is 2.87. The second-order valence-corrected chi connectivity index (χ2v) is 11.5. The third-order valence-corrected chi connectivity index (χ3v) is 7.36. The third-order valence-electron chi connectivity index (χ3n) is 5.47. The van der Waals surface area contributed by atoms with Crippen molar-refractivity contribution >= 4 is 20.9 Å². The standard InChI is InChI=1S/C24H26FN3O2S/c1-24(2,3)15-28-14-18(13-27-31(29,30)19-8-9-19)20-10-7-16(11-22(20)28)21-6-4-5-17(12-26)23(21)25/h4-7,10-11,14,19,27H,8-9,13,15H2,1-3H3. The smallest absolute Gasteiger partial charge is 0.214 e. The summed E-state index contributed by atoms with van der Waals surface area (Å²) >= 11 is 0. The Bertz CT molecular complexity index is 1290. The highest BCUT2D eigenvalue weighted by Crippen LogP contribution is 2.33. The number of nitrogens with one attached hydrogen (secondary N) is 1. The second kappa shape index (κ2) is 7.77. The number of rotatable bonds is 6. The maximum absolute atomic E-state index is 14.8. The number of hydrogen-bond acceptors (Lipinski definition) is 3. The molecule has 1 aliphatic carbocycles. The molecule has 4 rings (SSSR count). The highest BCUT2D eigenvalue weighted by atomic mass is 32.2. The van der Waals surface area contributed by atoms with Gasteiger partial charge in [-0.2, -0.15) is 5.26 Å². The zero-order valence-electron chi connectivity index (χ0n) is 17.9. The molecule has 0 unspecified atom stereocenters. The summed E-state index contributed by atoms with van der Waals surface area (Å²) < 4.78 is 44.2. The minimum Gasteiger partial charge on any atom is -0.347 e. The lowest BCUT2D eigenvalue weighted by atomic mass is 9.96. The molecule has 0 saturated heterocycles. The predicted molar refractivity (Wildman–Crippen MR) is 120 cm³/mol. The van der Waals surface area contributed by atoms with E-state index in [1.807, 2.05) is 30.5 Å². The van der Waals surface area contributed by atoms with Gasteiger partial charge in [-0.25, -0.2) is 17.5 Å². The van der Waals surface area contributed by atoms with Gasteiger partial charge in [0.2, 0.25) is 10.0 Å². The summed E-state index contributed by atoms with van der Waals surface area (Å²) in [4.78, 5) is 0. The molecular weight excluding hydrogens is 413 g/mol. The van der Waals surface area contributed by atoms with E-state index in [0.717, 1.165) is 35.9 Å². The molecule has 1 aliphatic rings. The number of nitrogens with zero attached hydrogens (tertiary/aromatic N) is 2. The molecule has 1 heterocycles. The molecule has 1 saturated carbocycles. The van der Waals surface area contributed by atoms with Crippen LogP contribution < -0.4 is 4.72 Å². The first kappa shape index (κ1) is 21.5. The molecule has 0 aliphatic heterocycles. The lowest BCUT2D eigenvalue weighted by molar-refractivity contribution is 0.349. The van der Waals surface area contributed by atoms with Gasteiger partial charge in [0.05, 0.1) is 10.8 Å². The maximum atomic E-state index is 14.8. The van der Waals surface area contributed by atoms with Crippen molar-refractivity contribution in [3.05, 3.63) is 59.5 Å². The Morgan fingerprint density at radius 2 is 1.97 bits per heavy atom. The topological polar surface area (TPSA) is 74.9 Å². The average molecular weight is 440 g/mol. The van der Waals surface area contributed by atoms with Gasteiger partial charge < -0.3 is 4.57 Å². The van der Waals surface area contributed by atoms with Gasteiger partial charge in [0.15, 0.2) is 0 Å². The quantitative estimate of drug-likeness (QED) is 0.591. The molecule has 5 nitrogen and oxygen atoms in total. The van der Waals surface area contributed by atoms with Gasteiger partial charge in [-0.05, 0) is 41.5 Å². The van der Waals surface area contributed by atoms with Crippen LogP contribution in [0.3, 0.4) is 0 Å². The van der Waals surface area contributed by atoms with Gasteiger partial charge >= 0.3 is 0 Å². The number of hydrogen-bond donors (Lipinski definition) is 1. The summed E-state index contributed by atoms with van der Waals surface area (Å²) in [6, 6.07) is 12.3. The Kier molecular flexibility index (Phi) is 5.40. The molecule has 0 spiro atoms. The van der Waals surface area contributed by atoms with Crippen LogP contribution in [0.2, 0.25) is 0 Å². The molecular formula is C24H26FN3O2S. The number of halogens is 1. The van der Waals surface area contributed by atoms with E-state index in [9.17, 15) is 12.8 Å². The number of aromatic nitrogens is 1.